The highest BCUT2D eigenvalue weighted by Crippen LogP contribution is 2.18. The zero-order valence-electron chi connectivity index (χ0n) is 9.77. The summed E-state index contributed by atoms with van der Waals surface area (Å²) in [6.45, 7) is 2.21. The lowest BCUT2D eigenvalue weighted by Crippen LogP contribution is -2.21. The number of carbonyl (C=O) groups excluding carboxylic acids is 1. The molecule has 0 aliphatic heterocycles. The summed E-state index contributed by atoms with van der Waals surface area (Å²) in [6, 6.07) is 7.91. The number of oxazole rings is 1. The summed E-state index contributed by atoms with van der Waals surface area (Å²) in [5.41, 5.74) is 1.52. The summed E-state index contributed by atoms with van der Waals surface area (Å²) in [7, 11) is 1.37. The number of ether oxygens (including phenoxy) is 1. The van der Waals surface area contributed by atoms with Crippen molar-refractivity contribution < 1.29 is 13.9 Å². The second-order valence-corrected chi connectivity index (χ2v) is 3.79. The lowest BCUT2D eigenvalue weighted by molar-refractivity contribution is -0.144. The van der Waals surface area contributed by atoms with Gasteiger partial charge in [-0.3, -0.25) is 4.79 Å². The predicted molar refractivity (Wildman–Crippen MR) is 63.7 cm³/mol. The quantitative estimate of drug-likeness (QED) is 0.820. The van der Waals surface area contributed by atoms with Crippen LogP contribution in [0.15, 0.2) is 28.7 Å². The number of carbonyl (C=O) groups is 1. The molecule has 1 atom stereocenters. The maximum Gasteiger partial charge on any atom is 0.310 e. The van der Waals surface area contributed by atoms with Crippen LogP contribution in [0.3, 0.4) is 0 Å². The third-order valence-corrected chi connectivity index (χ3v) is 2.46. The molecule has 17 heavy (non-hydrogen) atoms. The predicted octanol–water partition coefficient (Wildman–Crippen LogP) is 2.05. The van der Waals surface area contributed by atoms with Crippen LogP contribution in [0.25, 0.3) is 11.1 Å². The number of esters is 1. The largest absolute Gasteiger partial charge is 0.469 e. The molecule has 1 unspecified atom stereocenters. The van der Waals surface area contributed by atoms with Crippen LogP contribution in [0.5, 0.6) is 0 Å². The second-order valence-electron chi connectivity index (χ2n) is 3.79. The van der Waals surface area contributed by atoms with E-state index in [0.717, 1.165) is 11.1 Å². The van der Waals surface area contributed by atoms with Crippen LogP contribution in [0.4, 0.5) is 6.01 Å². The molecule has 0 amide bonds. The first-order chi connectivity index (χ1) is 8.20. The van der Waals surface area contributed by atoms with Crippen LogP contribution < -0.4 is 5.32 Å². The minimum absolute atomic E-state index is 0.241. The number of nitrogens with one attached hydrogen (secondary N) is 1. The van der Waals surface area contributed by atoms with Gasteiger partial charge in [0.1, 0.15) is 5.52 Å². The standard InChI is InChI=1S/C12H14N2O3/c1-8(11(15)16-2)7-13-12-14-9-5-3-4-6-10(9)17-12/h3-6,8H,7H2,1-2H3,(H,13,14). The Kier molecular flexibility index (Phi) is 3.27. The summed E-state index contributed by atoms with van der Waals surface area (Å²) < 4.78 is 10.1. The fourth-order valence-electron chi connectivity index (χ4n) is 1.47. The number of hydrogen-bond donors (Lipinski definition) is 1. The van der Waals surface area contributed by atoms with Gasteiger partial charge in [0.2, 0.25) is 0 Å². The van der Waals surface area contributed by atoms with E-state index in [1.54, 1.807) is 6.92 Å². The number of benzene rings is 1. The third kappa shape index (κ3) is 2.55. The first kappa shape index (κ1) is 11.4. The molecule has 0 saturated carbocycles. The molecule has 0 saturated heterocycles. The summed E-state index contributed by atoms with van der Waals surface area (Å²) >= 11 is 0. The van der Waals surface area contributed by atoms with Gasteiger partial charge < -0.3 is 14.5 Å². The number of methoxy groups -OCH3 is 1. The number of nitrogens with zero attached hydrogens (tertiary/aromatic N) is 1. The molecule has 0 aliphatic rings. The maximum absolute atomic E-state index is 11.2. The Bertz CT molecular complexity index is 488. The van der Waals surface area contributed by atoms with Crippen molar-refractivity contribution in [2.75, 3.05) is 19.0 Å². The van der Waals surface area contributed by atoms with E-state index in [0.29, 0.717) is 12.6 Å². The van der Waals surface area contributed by atoms with Gasteiger partial charge in [-0.25, -0.2) is 0 Å². The highest BCUT2D eigenvalue weighted by atomic mass is 16.5. The van der Waals surface area contributed by atoms with E-state index in [9.17, 15) is 4.79 Å². The summed E-state index contributed by atoms with van der Waals surface area (Å²) in [4.78, 5) is 15.4. The minimum atomic E-state index is -0.256. The normalized spacial score (nSPS) is 12.4. The van der Waals surface area contributed by atoms with E-state index >= 15 is 0 Å². The lowest BCUT2D eigenvalue weighted by atomic mass is 10.2. The number of anilines is 1. The molecule has 2 rings (SSSR count). The molecule has 5 nitrogen and oxygen atoms in total. The first-order valence-corrected chi connectivity index (χ1v) is 5.38. The van der Waals surface area contributed by atoms with Crippen molar-refractivity contribution in [1.82, 2.24) is 4.98 Å². The van der Waals surface area contributed by atoms with Gasteiger partial charge in [-0.2, -0.15) is 4.98 Å². The molecular formula is C12H14N2O3. The van der Waals surface area contributed by atoms with Crippen molar-refractivity contribution in [3.8, 4) is 0 Å². The molecule has 0 spiro atoms. The molecule has 1 aromatic heterocycles. The average Bonchev–Trinajstić information content (AvgIpc) is 2.77. The number of rotatable bonds is 4. The third-order valence-electron chi connectivity index (χ3n) is 2.46. The van der Waals surface area contributed by atoms with Crippen molar-refractivity contribution in [3.05, 3.63) is 24.3 Å². The molecule has 0 bridgehead atoms. The maximum atomic E-state index is 11.2. The SMILES string of the molecule is COC(=O)C(C)CNc1nc2ccccc2o1. The Morgan fingerprint density at radius 3 is 3.00 bits per heavy atom. The molecule has 1 aromatic carbocycles. The minimum Gasteiger partial charge on any atom is -0.469 e. The topological polar surface area (TPSA) is 64.4 Å². The number of fused-ring (bicyclic) bond motifs is 1. The van der Waals surface area contributed by atoms with Gasteiger partial charge in [-0.1, -0.05) is 19.1 Å². The average molecular weight is 234 g/mol. The zero-order chi connectivity index (χ0) is 12.3. The molecule has 2 aromatic rings. The van der Waals surface area contributed by atoms with Gasteiger partial charge >= 0.3 is 5.97 Å². The highest BCUT2D eigenvalue weighted by Gasteiger charge is 2.14. The summed E-state index contributed by atoms with van der Waals surface area (Å²) in [6.07, 6.45) is 0. The Morgan fingerprint density at radius 2 is 2.29 bits per heavy atom. The van der Waals surface area contributed by atoms with E-state index in [4.69, 9.17) is 4.42 Å². The molecular weight excluding hydrogens is 220 g/mol. The molecule has 0 radical (unpaired) electrons. The van der Waals surface area contributed by atoms with E-state index in [2.05, 4.69) is 15.0 Å². The molecule has 5 heteroatoms. The number of hydrogen-bond acceptors (Lipinski definition) is 5. The molecule has 90 valence electrons. The smallest absolute Gasteiger partial charge is 0.310 e. The lowest BCUT2D eigenvalue weighted by Gasteiger charge is -2.08. The molecule has 1 N–H and O–H groups in total. The Balaban J connectivity index is 2.01. The fourth-order valence-corrected chi connectivity index (χ4v) is 1.47. The van der Waals surface area contributed by atoms with Crippen LogP contribution in [0.2, 0.25) is 0 Å². The molecule has 0 aliphatic carbocycles. The van der Waals surface area contributed by atoms with Crippen LogP contribution in [0.1, 0.15) is 6.92 Å². The number of para-hydroxylation sites is 2. The van der Waals surface area contributed by atoms with Crippen LogP contribution in [-0.2, 0) is 9.53 Å². The van der Waals surface area contributed by atoms with Gasteiger partial charge in [0, 0.05) is 6.54 Å². The zero-order valence-corrected chi connectivity index (χ0v) is 9.77. The second kappa shape index (κ2) is 4.86. The van der Waals surface area contributed by atoms with Crippen molar-refractivity contribution >= 4 is 23.1 Å². The van der Waals surface area contributed by atoms with Gasteiger partial charge in [0.25, 0.3) is 6.01 Å². The van der Waals surface area contributed by atoms with E-state index in [1.807, 2.05) is 24.3 Å². The van der Waals surface area contributed by atoms with E-state index in [1.165, 1.54) is 7.11 Å². The summed E-state index contributed by atoms with van der Waals surface area (Å²) in [5, 5.41) is 2.97. The van der Waals surface area contributed by atoms with E-state index in [-0.39, 0.29) is 11.9 Å². The van der Waals surface area contributed by atoms with Gasteiger partial charge in [0.05, 0.1) is 13.0 Å². The first-order valence-electron chi connectivity index (χ1n) is 5.38. The Labute approximate surface area is 98.8 Å². The fraction of sp³-hybridized carbons (Fsp3) is 0.333. The highest BCUT2D eigenvalue weighted by molar-refractivity contribution is 5.74. The Morgan fingerprint density at radius 1 is 1.53 bits per heavy atom. The van der Waals surface area contributed by atoms with Crippen LogP contribution in [-0.4, -0.2) is 24.6 Å². The number of aromatic nitrogens is 1. The Hall–Kier alpha value is -2.04. The van der Waals surface area contributed by atoms with Crippen LogP contribution >= 0.6 is 0 Å². The van der Waals surface area contributed by atoms with E-state index < -0.39 is 0 Å². The molecule has 1 heterocycles. The van der Waals surface area contributed by atoms with Crippen molar-refractivity contribution in [2.45, 2.75) is 6.92 Å². The van der Waals surface area contributed by atoms with Gasteiger partial charge in [-0.05, 0) is 12.1 Å². The molecule has 0 fully saturated rings. The van der Waals surface area contributed by atoms with Gasteiger partial charge in [0.15, 0.2) is 5.58 Å². The van der Waals surface area contributed by atoms with Crippen molar-refractivity contribution in [2.24, 2.45) is 5.92 Å². The van der Waals surface area contributed by atoms with Crippen molar-refractivity contribution in [1.29, 1.82) is 0 Å². The van der Waals surface area contributed by atoms with Crippen molar-refractivity contribution in [3.63, 3.8) is 0 Å². The van der Waals surface area contributed by atoms with Gasteiger partial charge in [-0.15, -0.1) is 0 Å². The monoisotopic (exact) mass is 234 g/mol. The van der Waals surface area contributed by atoms with Crippen LogP contribution in [0, 0.1) is 5.92 Å². The summed E-state index contributed by atoms with van der Waals surface area (Å²) in [5.74, 6) is -0.497.